The van der Waals surface area contributed by atoms with Crippen LogP contribution in [0.4, 0.5) is 0 Å². The molecule has 104 valence electrons. The van der Waals surface area contributed by atoms with Crippen LogP contribution in [0.25, 0.3) is 10.9 Å². The van der Waals surface area contributed by atoms with Crippen molar-refractivity contribution < 1.29 is 9.53 Å². The molecule has 0 spiro atoms. The van der Waals surface area contributed by atoms with E-state index in [-0.39, 0.29) is 12.5 Å². The highest BCUT2D eigenvalue weighted by Gasteiger charge is 2.21. The van der Waals surface area contributed by atoms with Crippen LogP contribution in [0, 0.1) is 12.8 Å². The van der Waals surface area contributed by atoms with Gasteiger partial charge in [0.2, 0.25) is 0 Å². The topological polar surface area (TPSA) is 51.2 Å². The van der Waals surface area contributed by atoms with E-state index in [0.717, 1.165) is 28.9 Å². The molecule has 0 unspecified atom stereocenters. The lowest BCUT2D eigenvalue weighted by atomic mass is 10.2. The first kappa shape index (κ1) is 12.9. The highest BCUT2D eigenvalue weighted by molar-refractivity contribution is 5.86. The highest BCUT2D eigenvalue weighted by atomic mass is 16.5. The van der Waals surface area contributed by atoms with Crippen LogP contribution in [0.1, 0.15) is 18.5 Å². The molecule has 4 nitrogen and oxygen atoms in total. The van der Waals surface area contributed by atoms with Gasteiger partial charge in [-0.3, -0.25) is 9.78 Å². The predicted molar refractivity (Wildman–Crippen MR) is 77.7 cm³/mol. The fraction of sp³-hybridized carbons (Fsp3) is 0.375. The van der Waals surface area contributed by atoms with Crippen LogP contribution < -0.4 is 10.1 Å². The summed E-state index contributed by atoms with van der Waals surface area (Å²) in [6.45, 7) is 2.75. The Labute approximate surface area is 118 Å². The van der Waals surface area contributed by atoms with Crippen molar-refractivity contribution in [2.75, 3.05) is 13.2 Å². The molecule has 3 rings (SSSR count). The van der Waals surface area contributed by atoms with Crippen LogP contribution in [0.15, 0.2) is 30.3 Å². The molecule has 0 saturated heterocycles. The van der Waals surface area contributed by atoms with Gasteiger partial charge in [0.05, 0.1) is 5.52 Å². The first-order chi connectivity index (χ1) is 9.72. The smallest absolute Gasteiger partial charge is 0.257 e. The van der Waals surface area contributed by atoms with Crippen molar-refractivity contribution in [3.63, 3.8) is 0 Å². The van der Waals surface area contributed by atoms with E-state index < -0.39 is 0 Å². The second-order valence-electron chi connectivity index (χ2n) is 5.32. The lowest BCUT2D eigenvalue weighted by molar-refractivity contribution is -0.123. The first-order valence-electron chi connectivity index (χ1n) is 6.98. The maximum atomic E-state index is 11.7. The van der Waals surface area contributed by atoms with E-state index in [4.69, 9.17) is 4.74 Å². The molecule has 2 aromatic rings. The number of para-hydroxylation sites is 1. The zero-order valence-electron chi connectivity index (χ0n) is 11.6. The Kier molecular flexibility index (Phi) is 3.54. The van der Waals surface area contributed by atoms with Crippen molar-refractivity contribution >= 4 is 16.8 Å². The van der Waals surface area contributed by atoms with Crippen LogP contribution in [0.5, 0.6) is 5.75 Å². The lowest BCUT2D eigenvalue weighted by Gasteiger charge is -2.10. The van der Waals surface area contributed by atoms with E-state index >= 15 is 0 Å². The van der Waals surface area contributed by atoms with Gasteiger partial charge in [0.1, 0.15) is 5.75 Å². The summed E-state index contributed by atoms with van der Waals surface area (Å²) in [6.07, 6.45) is 2.46. The van der Waals surface area contributed by atoms with Gasteiger partial charge in [-0.1, -0.05) is 12.1 Å². The molecule has 1 N–H and O–H groups in total. The largest absolute Gasteiger partial charge is 0.483 e. The van der Waals surface area contributed by atoms with Gasteiger partial charge in [-0.25, -0.2) is 0 Å². The van der Waals surface area contributed by atoms with Crippen molar-refractivity contribution in [3.8, 4) is 5.75 Å². The molecule has 1 aromatic heterocycles. The molecule has 1 aliphatic rings. The average molecular weight is 270 g/mol. The number of nitrogens with zero attached hydrogens (tertiary/aromatic N) is 1. The van der Waals surface area contributed by atoms with Crippen molar-refractivity contribution in [2.45, 2.75) is 19.8 Å². The normalized spacial score (nSPS) is 14.2. The lowest BCUT2D eigenvalue weighted by Crippen LogP contribution is -2.30. The van der Waals surface area contributed by atoms with Gasteiger partial charge in [-0.2, -0.15) is 0 Å². The summed E-state index contributed by atoms with van der Waals surface area (Å²) in [5.41, 5.74) is 1.78. The van der Waals surface area contributed by atoms with E-state index in [1.54, 1.807) is 0 Å². The van der Waals surface area contributed by atoms with Gasteiger partial charge >= 0.3 is 0 Å². The molecule has 1 saturated carbocycles. The van der Waals surface area contributed by atoms with Crippen LogP contribution >= 0.6 is 0 Å². The molecule has 1 fully saturated rings. The number of hydrogen-bond donors (Lipinski definition) is 1. The summed E-state index contributed by atoms with van der Waals surface area (Å²) in [7, 11) is 0. The Bertz CT molecular complexity index is 635. The average Bonchev–Trinajstić information content (AvgIpc) is 3.26. The molecule has 4 heteroatoms. The molecule has 0 atom stereocenters. The number of nitrogens with one attached hydrogen (secondary N) is 1. The van der Waals surface area contributed by atoms with Crippen molar-refractivity contribution in [2.24, 2.45) is 5.92 Å². The quantitative estimate of drug-likeness (QED) is 0.908. The molecule has 20 heavy (non-hydrogen) atoms. The van der Waals surface area contributed by atoms with Crippen LogP contribution in [0.2, 0.25) is 0 Å². The predicted octanol–water partition coefficient (Wildman–Crippen LogP) is 2.45. The van der Waals surface area contributed by atoms with Crippen LogP contribution in [0.3, 0.4) is 0 Å². The standard InChI is InChI=1S/C16H18N2O2/c1-11-8-15(13-4-2-3-5-14(13)18-11)20-10-16(19)17-9-12-6-7-12/h2-5,8,12H,6-7,9-10H2,1H3,(H,17,19). The molecule has 1 aromatic carbocycles. The minimum absolute atomic E-state index is 0.0557. The van der Waals surface area contributed by atoms with E-state index in [2.05, 4.69) is 10.3 Å². The Hall–Kier alpha value is -2.10. The van der Waals surface area contributed by atoms with E-state index in [1.807, 2.05) is 37.3 Å². The van der Waals surface area contributed by atoms with E-state index in [1.165, 1.54) is 12.8 Å². The minimum Gasteiger partial charge on any atom is -0.483 e. The molecule has 1 heterocycles. The van der Waals surface area contributed by atoms with Crippen molar-refractivity contribution in [3.05, 3.63) is 36.0 Å². The van der Waals surface area contributed by atoms with E-state index in [9.17, 15) is 4.79 Å². The summed E-state index contributed by atoms with van der Waals surface area (Å²) >= 11 is 0. The minimum atomic E-state index is -0.0598. The second kappa shape index (κ2) is 5.49. The van der Waals surface area contributed by atoms with Gasteiger partial charge in [0, 0.05) is 23.7 Å². The number of aromatic nitrogens is 1. The van der Waals surface area contributed by atoms with Gasteiger partial charge in [-0.15, -0.1) is 0 Å². The number of benzene rings is 1. The summed E-state index contributed by atoms with van der Waals surface area (Å²) in [6, 6.07) is 9.67. The maximum Gasteiger partial charge on any atom is 0.257 e. The molecule has 0 aliphatic heterocycles. The summed E-state index contributed by atoms with van der Waals surface area (Å²) in [4.78, 5) is 16.2. The summed E-state index contributed by atoms with van der Waals surface area (Å²) < 4.78 is 5.66. The number of aryl methyl sites for hydroxylation is 1. The Morgan fingerprint density at radius 2 is 2.20 bits per heavy atom. The molecular weight excluding hydrogens is 252 g/mol. The number of fused-ring (bicyclic) bond motifs is 1. The van der Waals surface area contributed by atoms with Crippen LogP contribution in [-0.4, -0.2) is 24.0 Å². The summed E-state index contributed by atoms with van der Waals surface area (Å²) in [5.74, 6) is 1.34. The van der Waals surface area contributed by atoms with Gasteiger partial charge < -0.3 is 10.1 Å². The number of rotatable bonds is 5. The molecule has 1 amide bonds. The molecular formula is C16H18N2O2. The zero-order valence-corrected chi connectivity index (χ0v) is 11.6. The summed E-state index contributed by atoms with van der Waals surface area (Å²) in [5, 5.41) is 3.84. The number of pyridine rings is 1. The monoisotopic (exact) mass is 270 g/mol. The molecule has 0 radical (unpaired) electrons. The fourth-order valence-corrected chi connectivity index (χ4v) is 2.16. The Morgan fingerprint density at radius 3 is 3.00 bits per heavy atom. The van der Waals surface area contributed by atoms with E-state index in [0.29, 0.717) is 5.92 Å². The number of hydrogen-bond acceptors (Lipinski definition) is 3. The SMILES string of the molecule is Cc1cc(OCC(=O)NCC2CC2)c2ccccc2n1. The van der Waals surface area contributed by atoms with Gasteiger partial charge in [0.15, 0.2) is 6.61 Å². The van der Waals surface area contributed by atoms with Crippen molar-refractivity contribution in [1.82, 2.24) is 10.3 Å². The highest BCUT2D eigenvalue weighted by Crippen LogP contribution is 2.27. The molecule has 0 bridgehead atoms. The second-order valence-corrected chi connectivity index (χ2v) is 5.32. The maximum absolute atomic E-state index is 11.7. The van der Waals surface area contributed by atoms with Crippen LogP contribution in [-0.2, 0) is 4.79 Å². The van der Waals surface area contributed by atoms with Gasteiger partial charge in [-0.05, 0) is 37.8 Å². The number of amides is 1. The third kappa shape index (κ3) is 3.07. The Balaban J connectivity index is 1.68. The van der Waals surface area contributed by atoms with Gasteiger partial charge in [0.25, 0.3) is 5.91 Å². The number of carbonyl (C=O) groups is 1. The zero-order chi connectivity index (χ0) is 13.9. The Morgan fingerprint density at radius 1 is 1.40 bits per heavy atom. The first-order valence-corrected chi connectivity index (χ1v) is 6.98. The third-order valence-corrected chi connectivity index (χ3v) is 3.45. The third-order valence-electron chi connectivity index (χ3n) is 3.45. The molecule has 1 aliphatic carbocycles. The number of carbonyl (C=O) groups excluding carboxylic acids is 1. The fourth-order valence-electron chi connectivity index (χ4n) is 2.16. The van der Waals surface area contributed by atoms with Crippen molar-refractivity contribution in [1.29, 1.82) is 0 Å². The number of ether oxygens (including phenoxy) is 1.